The molecule has 2 rings (SSSR count). The Morgan fingerprint density at radius 1 is 1.09 bits per heavy atom. The summed E-state index contributed by atoms with van der Waals surface area (Å²) in [6.07, 6.45) is 0.521. The number of thioether (sulfide) groups is 1. The van der Waals surface area contributed by atoms with Crippen molar-refractivity contribution in [3.63, 3.8) is 0 Å². The molecule has 0 spiro atoms. The molecule has 1 unspecified atom stereocenters. The number of ether oxygens (including phenoxy) is 1. The van der Waals surface area contributed by atoms with Gasteiger partial charge in [0.2, 0.25) is 11.8 Å². The SMILES string of the molecule is CCC(C(=O)NCC(C)C)N(Cc1ccc(OC)cc1)C(=O)CSCc1c(Cl)cccc1Cl. The molecule has 0 saturated heterocycles. The van der Waals surface area contributed by atoms with Crippen molar-refractivity contribution in [1.82, 2.24) is 10.2 Å². The van der Waals surface area contributed by atoms with Crippen LogP contribution in [0.15, 0.2) is 42.5 Å². The molecule has 0 fully saturated rings. The molecule has 33 heavy (non-hydrogen) atoms. The van der Waals surface area contributed by atoms with Gasteiger partial charge in [0.05, 0.1) is 12.9 Å². The topological polar surface area (TPSA) is 58.6 Å². The normalized spacial score (nSPS) is 11.8. The Labute approximate surface area is 211 Å². The van der Waals surface area contributed by atoms with Crippen LogP contribution in [0.25, 0.3) is 0 Å². The van der Waals surface area contributed by atoms with Crippen LogP contribution in [0.2, 0.25) is 10.0 Å². The molecule has 1 N–H and O–H groups in total. The summed E-state index contributed by atoms with van der Waals surface area (Å²) in [6.45, 7) is 6.91. The highest BCUT2D eigenvalue weighted by Gasteiger charge is 2.28. The highest BCUT2D eigenvalue weighted by Crippen LogP contribution is 2.28. The summed E-state index contributed by atoms with van der Waals surface area (Å²) in [6, 6.07) is 12.3. The molecule has 0 aliphatic rings. The molecule has 180 valence electrons. The predicted octanol–water partition coefficient (Wildman–Crippen LogP) is 5.81. The van der Waals surface area contributed by atoms with E-state index in [2.05, 4.69) is 5.32 Å². The van der Waals surface area contributed by atoms with Gasteiger partial charge in [0.25, 0.3) is 0 Å². The highest BCUT2D eigenvalue weighted by molar-refractivity contribution is 7.99. The number of hydrogen-bond acceptors (Lipinski definition) is 4. The van der Waals surface area contributed by atoms with Gasteiger partial charge >= 0.3 is 0 Å². The summed E-state index contributed by atoms with van der Waals surface area (Å²) in [7, 11) is 1.61. The monoisotopic (exact) mass is 510 g/mol. The maximum absolute atomic E-state index is 13.3. The lowest BCUT2D eigenvalue weighted by molar-refractivity contribution is -0.139. The standard InChI is InChI=1S/C25H32Cl2N2O3S/c1-5-23(25(31)28-13-17(2)3)29(14-18-9-11-19(32-4)12-10-18)24(30)16-33-15-20-21(26)7-6-8-22(20)27/h6-12,17,23H,5,13-16H2,1-4H3,(H,28,31). The third kappa shape index (κ3) is 8.43. The number of carbonyl (C=O) groups is 2. The summed E-state index contributed by atoms with van der Waals surface area (Å²) in [5, 5.41) is 4.14. The predicted molar refractivity (Wildman–Crippen MR) is 138 cm³/mol. The zero-order valence-corrected chi connectivity index (χ0v) is 21.9. The van der Waals surface area contributed by atoms with Crippen molar-refractivity contribution < 1.29 is 14.3 Å². The largest absolute Gasteiger partial charge is 0.497 e. The van der Waals surface area contributed by atoms with E-state index in [0.717, 1.165) is 16.9 Å². The molecule has 8 heteroatoms. The van der Waals surface area contributed by atoms with Crippen LogP contribution in [0.4, 0.5) is 0 Å². The van der Waals surface area contributed by atoms with Crippen molar-refractivity contribution in [3.05, 3.63) is 63.6 Å². The average Bonchev–Trinajstić information content (AvgIpc) is 2.79. The van der Waals surface area contributed by atoms with Gasteiger partial charge in [-0.2, -0.15) is 0 Å². The van der Waals surface area contributed by atoms with Crippen LogP contribution >= 0.6 is 35.0 Å². The van der Waals surface area contributed by atoms with E-state index < -0.39 is 6.04 Å². The molecule has 1 atom stereocenters. The summed E-state index contributed by atoms with van der Waals surface area (Å²) in [5.41, 5.74) is 1.74. The maximum atomic E-state index is 13.3. The van der Waals surface area contributed by atoms with Crippen molar-refractivity contribution in [2.45, 2.75) is 45.5 Å². The molecule has 0 aliphatic heterocycles. The first-order valence-corrected chi connectivity index (χ1v) is 12.9. The van der Waals surface area contributed by atoms with Gasteiger partial charge in [0.15, 0.2) is 0 Å². The fraction of sp³-hybridized carbons (Fsp3) is 0.440. The van der Waals surface area contributed by atoms with E-state index in [1.165, 1.54) is 11.8 Å². The van der Waals surface area contributed by atoms with Crippen LogP contribution < -0.4 is 10.1 Å². The van der Waals surface area contributed by atoms with E-state index in [1.54, 1.807) is 30.2 Å². The molecular weight excluding hydrogens is 479 g/mol. The Morgan fingerprint density at radius 3 is 2.27 bits per heavy atom. The van der Waals surface area contributed by atoms with Crippen LogP contribution in [0.5, 0.6) is 5.75 Å². The molecule has 2 amide bonds. The summed E-state index contributed by atoms with van der Waals surface area (Å²) < 4.78 is 5.23. The molecule has 0 aliphatic carbocycles. The van der Waals surface area contributed by atoms with E-state index in [4.69, 9.17) is 27.9 Å². The Bertz CT molecular complexity index is 902. The van der Waals surface area contributed by atoms with Gasteiger partial charge in [-0.15, -0.1) is 11.8 Å². The number of carbonyl (C=O) groups excluding carboxylic acids is 2. The van der Waals surface area contributed by atoms with Gasteiger partial charge in [0.1, 0.15) is 11.8 Å². The minimum atomic E-state index is -0.553. The Kier molecular flexibility index (Phi) is 11.4. The molecule has 2 aromatic carbocycles. The molecule has 0 heterocycles. The number of nitrogens with one attached hydrogen (secondary N) is 1. The molecule has 5 nitrogen and oxygen atoms in total. The summed E-state index contributed by atoms with van der Waals surface area (Å²) in [5.74, 6) is 1.55. The molecule has 0 saturated carbocycles. The van der Waals surface area contributed by atoms with Gasteiger partial charge in [-0.05, 0) is 47.7 Å². The van der Waals surface area contributed by atoms with Gasteiger partial charge in [-0.1, -0.05) is 62.2 Å². The van der Waals surface area contributed by atoms with Crippen LogP contribution in [0.3, 0.4) is 0 Å². The zero-order chi connectivity index (χ0) is 24.4. The van der Waals surface area contributed by atoms with Gasteiger partial charge in [-0.3, -0.25) is 9.59 Å². The molecule has 2 aromatic rings. The minimum absolute atomic E-state index is 0.106. The van der Waals surface area contributed by atoms with Crippen molar-refractivity contribution in [2.24, 2.45) is 5.92 Å². The van der Waals surface area contributed by atoms with Crippen molar-refractivity contribution in [2.75, 3.05) is 19.4 Å². The van der Waals surface area contributed by atoms with Crippen molar-refractivity contribution >= 4 is 46.8 Å². The van der Waals surface area contributed by atoms with E-state index in [0.29, 0.717) is 41.2 Å². The third-order valence-electron chi connectivity index (χ3n) is 5.12. The second kappa shape index (κ2) is 13.7. The fourth-order valence-electron chi connectivity index (χ4n) is 3.26. The first-order chi connectivity index (χ1) is 15.8. The van der Waals surface area contributed by atoms with Crippen LogP contribution in [-0.4, -0.2) is 42.2 Å². The first-order valence-electron chi connectivity index (χ1n) is 11.0. The third-order valence-corrected chi connectivity index (χ3v) is 6.77. The smallest absolute Gasteiger partial charge is 0.242 e. The number of hydrogen-bond donors (Lipinski definition) is 1. The van der Waals surface area contributed by atoms with E-state index in [-0.39, 0.29) is 17.6 Å². The summed E-state index contributed by atoms with van der Waals surface area (Å²) in [4.78, 5) is 27.9. The number of methoxy groups -OCH3 is 1. The van der Waals surface area contributed by atoms with Crippen LogP contribution in [0, 0.1) is 5.92 Å². The average molecular weight is 512 g/mol. The lowest BCUT2D eigenvalue weighted by atomic mass is 10.1. The molecule has 0 bridgehead atoms. The Balaban J connectivity index is 2.16. The Morgan fingerprint density at radius 2 is 1.73 bits per heavy atom. The van der Waals surface area contributed by atoms with Gasteiger partial charge < -0.3 is 15.0 Å². The number of amides is 2. The van der Waals surface area contributed by atoms with E-state index in [9.17, 15) is 9.59 Å². The number of rotatable bonds is 12. The number of halogens is 2. The van der Waals surface area contributed by atoms with Gasteiger partial charge in [-0.25, -0.2) is 0 Å². The molecular formula is C25H32Cl2N2O3S. The maximum Gasteiger partial charge on any atom is 0.242 e. The van der Waals surface area contributed by atoms with E-state index in [1.807, 2.05) is 45.0 Å². The van der Waals surface area contributed by atoms with E-state index >= 15 is 0 Å². The highest BCUT2D eigenvalue weighted by atomic mass is 35.5. The lowest BCUT2D eigenvalue weighted by Crippen LogP contribution is -2.50. The van der Waals surface area contributed by atoms with Gasteiger partial charge in [0, 0.05) is 28.9 Å². The Hall–Kier alpha value is -1.89. The molecule has 0 radical (unpaired) electrons. The van der Waals surface area contributed by atoms with Crippen LogP contribution in [0.1, 0.15) is 38.3 Å². The summed E-state index contributed by atoms with van der Waals surface area (Å²) >= 11 is 13.9. The number of benzene rings is 2. The lowest BCUT2D eigenvalue weighted by Gasteiger charge is -2.31. The minimum Gasteiger partial charge on any atom is -0.497 e. The quantitative estimate of drug-likeness (QED) is 0.391. The second-order valence-electron chi connectivity index (χ2n) is 8.13. The van der Waals surface area contributed by atoms with Crippen molar-refractivity contribution in [3.8, 4) is 5.75 Å². The zero-order valence-electron chi connectivity index (χ0n) is 19.6. The second-order valence-corrected chi connectivity index (χ2v) is 9.93. The molecule has 0 aromatic heterocycles. The number of nitrogens with zero attached hydrogens (tertiary/aromatic N) is 1. The first kappa shape index (κ1) is 27.4. The fourth-order valence-corrected chi connectivity index (χ4v) is 4.91. The van der Waals surface area contributed by atoms with Crippen molar-refractivity contribution in [1.29, 1.82) is 0 Å². The van der Waals surface area contributed by atoms with Crippen LogP contribution in [-0.2, 0) is 21.9 Å².